The summed E-state index contributed by atoms with van der Waals surface area (Å²) < 4.78 is 0. The molecular weight excluding hydrogens is 412 g/mol. The number of nitrogens with zero attached hydrogens (tertiary/aromatic N) is 4. The number of aromatic nitrogens is 3. The summed E-state index contributed by atoms with van der Waals surface area (Å²) in [4.78, 5) is 43.1. The highest BCUT2D eigenvalue weighted by molar-refractivity contribution is 6.24. The van der Waals surface area contributed by atoms with E-state index in [0.717, 1.165) is 11.1 Å². The average Bonchev–Trinajstić information content (AvgIpc) is 3.07. The smallest absolute Gasteiger partial charge is 0.243 e. The van der Waals surface area contributed by atoms with Gasteiger partial charge in [-0.05, 0) is 25.7 Å². The molecule has 1 aromatic heterocycles. The number of carbonyl (C=O) groups is 2. The zero-order chi connectivity index (χ0) is 23.6. The van der Waals surface area contributed by atoms with Crippen LogP contribution in [0.2, 0.25) is 0 Å². The number of amides is 2. The van der Waals surface area contributed by atoms with Crippen LogP contribution in [0.5, 0.6) is 0 Å². The molecule has 0 unspecified atom stereocenters. The second-order valence-corrected chi connectivity index (χ2v) is 8.54. The van der Waals surface area contributed by atoms with Crippen molar-refractivity contribution in [3.63, 3.8) is 0 Å². The summed E-state index contributed by atoms with van der Waals surface area (Å²) in [5.41, 5.74) is 0.0684. The lowest BCUT2D eigenvalue weighted by Gasteiger charge is -2.39. The molecule has 1 aliphatic heterocycles. The van der Waals surface area contributed by atoms with Crippen LogP contribution in [0.4, 0.5) is 5.95 Å². The van der Waals surface area contributed by atoms with E-state index in [2.05, 4.69) is 15.0 Å². The molecule has 2 amide bonds. The van der Waals surface area contributed by atoms with Gasteiger partial charge in [-0.2, -0.15) is 9.97 Å². The second kappa shape index (κ2) is 8.85. The monoisotopic (exact) mass is 442 g/mol. The molecule has 1 aliphatic rings. The van der Waals surface area contributed by atoms with E-state index in [-0.39, 0.29) is 17.8 Å². The van der Waals surface area contributed by atoms with Crippen molar-refractivity contribution in [3.05, 3.63) is 60.7 Å². The lowest BCUT2D eigenvalue weighted by atomic mass is 9.59. The van der Waals surface area contributed by atoms with E-state index in [4.69, 9.17) is 0 Å². The maximum Gasteiger partial charge on any atom is 0.243 e. The van der Waals surface area contributed by atoms with Gasteiger partial charge in [0.25, 0.3) is 0 Å². The Morgan fingerprint density at radius 2 is 0.970 bits per heavy atom. The van der Waals surface area contributed by atoms with E-state index in [1.54, 1.807) is 0 Å². The number of benzene rings is 2. The maximum absolute atomic E-state index is 13.9. The zero-order valence-electron chi connectivity index (χ0n) is 19.7. The third-order valence-corrected chi connectivity index (χ3v) is 7.44. The van der Waals surface area contributed by atoms with Gasteiger partial charge in [-0.1, -0.05) is 88.4 Å². The van der Waals surface area contributed by atoms with E-state index < -0.39 is 10.8 Å². The van der Waals surface area contributed by atoms with Crippen molar-refractivity contribution in [1.82, 2.24) is 15.0 Å². The fourth-order valence-corrected chi connectivity index (χ4v) is 5.47. The molecule has 2 aromatic carbocycles. The van der Waals surface area contributed by atoms with Gasteiger partial charge in [0.05, 0.1) is 10.8 Å². The molecule has 4 rings (SSSR count). The first-order valence-electron chi connectivity index (χ1n) is 11.7. The van der Waals surface area contributed by atoms with Crippen LogP contribution < -0.4 is 4.90 Å². The largest absolute Gasteiger partial charge is 0.273 e. The van der Waals surface area contributed by atoms with Gasteiger partial charge in [-0.3, -0.25) is 9.59 Å². The van der Waals surface area contributed by atoms with Crippen molar-refractivity contribution in [2.45, 2.75) is 53.4 Å². The molecule has 1 fully saturated rings. The Bertz CT molecular complexity index is 1070. The van der Waals surface area contributed by atoms with Gasteiger partial charge in [-0.25, -0.2) is 9.88 Å². The average molecular weight is 443 g/mol. The minimum atomic E-state index is -0.764. The third-order valence-electron chi connectivity index (χ3n) is 7.44. The molecule has 0 bridgehead atoms. The molecule has 0 saturated carbocycles. The van der Waals surface area contributed by atoms with Crippen molar-refractivity contribution in [1.29, 1.82) is 0 Å². The maximum atomic E-state index is 13.9. The van der Waals surface area contributed by atoms with Crippen molar-refractivity contribution in [2.75, 3.05) is 4.90 Å². The molecule has 0 radical (unpaired) electrons. The molecule has 2 heterocycles. The second-order valence-electron chi connectivity index (χ2n) is 8.54. The molecule has 0 N–H and O–H groups in total. The Balaban J connectivity index is 1.95. The summed E-state index contributed by atoms with van der Waals surface area (Å²) in [7, 11) is 0. The van der Waals surface area contributed by atoms with E-state index in [1.165, 1.54) is 4.90 Å². The number of rotatable bonds is 7. The summed E-state index contributed by atoms with van der Waals surface area (Å²) in [6.07, 6.45) is 2.37. The minimum Gasteiger partial charge on any atom is -0.273 e. The topological polar surface area (TPSA) is 76.1 Å². The van der Waals surface area contributed by atoms with E-state index >= 15 is 0 Å². The van der Waals surface area contributed by atoms with Crippen LogP contribution in [-0.4, -0.2) is 26.8 Å². The van der Waals surface area contributed by atoms with Crippen LogP contribution in [0.1, 0.15) is 53.4 Å². The molecule has 6 heteroatoms. The lowest BCUT2D eigenvalue weighted by Crippen LogP contribution is -2.43. The molecule has 0 spiro atoms. The zero-order valence-corrected chi connectivity index (χ0v) is 19.7. The predicted molar refractivity (Wildman–Crippen MR) is 129 cm³/mol. The van der Waals surface area contributed by atoms with E-state index in [9.17, 15) is 9.59 Å². The molecule has 33 heavy (non-hydrogen) atoms. The van der Waals surface area contributed by atoms with E-state index in [1.807, 2.05) is 88.4 Å². The SMILES string of the molecule is CCC1(CC)C(=O)N(c2nc(-c3ccccc3)nc(-c3ccccc3)n2)C(=O)C1(CC)CC. The summed E-state index contributed by atoms with van der Waals surface area (Å²) in [6, 6.07) is 19.1. The number of hydrogen-bond acceptors (Lipinski definition) is 5. The third kappa shape index (κ3) is 3.36. The molecular formula is C27H30N4O2. The van der Waals surface area contributed by atoms with Gasteiger partial charge in [-0.15, -0.1) is 0 Å². The highest BCUT2D eigenvalue weighted by Crippen LogP contribution is 2.57. The summed E-state index contributed by atoms with van der Waals surface area (Å²) >= 11 is 0. The Labute approximate surface area is 195 Å². The predicted octanol–water partition coefficient (Wildman–Crippen LogP) is 5.69. The number of anilines is 1. The van der Waals surface area contributed by atoms with Crippen molar-refractivity contribution in [3.8, 4) is 22.8 Å². The van der Waals surface area contributed by atoms with Crippen LogP contribution >= 0.6 is 0 Å². The first-order valence-corrected chi connectivity index (χ1v) is 11.7. The summed E-state index contributed by atoms with van der Waals surface area (Å²) in [6.45, 7) is 7.99. The Hall–Kier alpha value is -3.41. The lowest BCUT2D eigenvalue weighted by molar-refractivity contribution is -0.136. The van der Waals surface area contributed by atoms with Crippen molar-refractivity contribution < 1.29 is 9.59 Å². The standard InChI is InChI=1S/C27H30N4O2/c1-5-26(6-2)23(32)31(24(33)27(26,7-3)8-4)25-29-21(19-15-11-9-12-16-19)28-22(30-25)20-17-13-10-14-18-20/h9-18H,5-8H2,1-4H3. The first-order chi connectivity index (χ1) is 16.0. The van der Waals surface area contributed by atoms with Crippen LogP contribution in [0.15, 0.2) is 60.7 Å². The molecule has 170 valence electrons. The summed E-state index contributed by atoms with van der Waals surface area (Å²) in [5.74, 6) is 0.567. The fraction of sp³-hybridized carbons (Fsp3) is 0.370. The Morgan fingerprint density at radius 3 is 1.30 bits per heavy atom. The van der Waals surface area contributed by atoms with Crippen LogP contribution in [-0.2, 0) is 9.59 Å². The molecule has 0 atom stereocenters. The fourth-order valence-electron chi connectivity index (χ4n) is 5.47. The first kappa shape index (κ1) is 22.8. The van der Waals surface area contributed by atoms with Crippen LogP contribution in [0.3, 0.4) is 0 Å². The highest BCUT2D eigenvalue weighted by Gasteiger charge is 2.66. The Morgan fingerprint density at radius 1 is 0.606 bits per heavy atom. The minimum absolute atomic E-state index is 0.104. The van der Waals surface area contributed by atoms with Crippen molar-refractivity contribution >= 4 is 17.8 Å². The van der Waals surface area contributed by atoms with Crippen molar-refractivity contribution in [2.24, 2.45) is 10.8 Å². The van der Waals surface area contributed by atoms with Gasteiger partial charge < -0.3 is 0 Å². The van der Waals surface area contributed by atoms with Gasteiger partial charge >= 0.3 is 0 Å². The quantitative estimate of drug-likeness (QED) is 0.439. The van der Waals surface area contributed by atoms with E-state index in [0.29, 0.717) is 37.3 Å². The van der Waals surface area contributed by atoms with Gasteiger partial charge in [0.1, 0.15) is 0 Å². The molecule has 6 nitrogen and oxygen atoms in total. The molecule has 0 aliphatic carbocycles. The molecule has 1 saturated heterocycles. The normalized spacial score (nSPS) is 16.9. The van der Waals surface area contributed by atoms with Crippen LogP contribution in [0.25, 0.3) is 22.8 Å². The number of imide groups is 1. The highest BCUT2D eigenvalue weighted by atomic mass is 16.2. The summed E-state index contributed by atoms with van der Waals surface area (Å²) in [5, 5.41) is 0. The Kier molecular flexibility index (Phi) is 6.11. The van der Waals surface area contributed by atoms with Crippen LogP contribution in [0, 0.1) is 10.8 Å². The van der Waals surface area contributed by atoms with Gasteiger partial charge in [0, 0.05) is 11.1 Å². The van der Waals surface area contributed by atoms with Gasteiger partial charge in [0.2, 0.25) is 17.8 Å². The number of carbonyl (C=O) groups excluding carboxylic acids is 2. The number of hydrogen-bond donors (Lipinski definition) is 0. The van der Waals surface area contributed by atoms with Gasteiger partial charge in [0.15, 0.2) is 11.6 Å². The molecule has 3 aromatic rings.